The van der Waals surface area contributed by atoms with Gasteiger partial charge in [0.1, 0.15) is 17.9 Å². The highest BCUT2D eigenvalue weighted by Gasteiger charge is 2.43. The van der Waals surface area contributed by atoms with Crippen LogP contribution < -0.4 is 10.4 Å². The molecule has 0 radical (unpaired) electrons. The Kier molecular flexibility index (Phi) is 7.03. The highest BCUT2D eigenvalue weighted by molar-refractivity contribution is 6.35. The molecule has 0 bridgehead atoms. The van der Waals surface area contributed by atoms with E-state index in [0.717, 1.165) is 42.2 Å². The maximum Gasteiger partial charge on any atom is 0.340 e. The summed E-state index contributed by atoms with van der Waals surface area (Å²) in [6.07, 6.45) is 4.46. The number of aryl methyl sites for hydroxylation is 1. The number of aliphatic hydroxyl groups is 1. The summed E-state index contributed by atoms with van der Waals surface area (Å²) in [4.78, 5) is 27.8. The fraction of sp³-hybridized carbons (Fsp3) is 0.429. The third-order valence-corrected chi connectivity index (χ3v) is 8.36. The summed E-state index contributed by atoms with van der Waals surface area (Å²) < 4.78 is 11.5. The number of amides is 1. The first kappa shape index (κ1) is 25.1. The van der Waals surface area contributed by atoms with Crippen LogP contribution in [0.25, 0.3) is 11.0 Å². The van der Waals surface area contributed by atoms with Gasteiger partial charge in [0, 0.05) is 46.1 Å². The number of nitrogens with zero attached hydrogens (tertiary/aromatic N) is 1. The molecule has 1 amide bonds. The predicted octanol–water partition coefficient (Wildman–Crippen LogP) is 5.68. The highest BCUT2D eigenvalue weighted by Crippen LogP contribution is 2.40. The number of piperidine rings is 1. The van der Waals surface area contributed by atoms with Gasteiger partial charge in [-0.15, -0.1) is 0 Å². The first-order valence-corrected chi connectivity index (χ1v) is 13.1. The molecule has 0 unspecified atom stereocenters. The number of rotatable bonds is 5. The largest absolute Gasteiger partial charge is 0.489 e. The SMILES string of the molecule is Cc1c(CC(=O)N2CC[C@@]3(O)CCCC[C@H]3C2)c(=O)oc2cc(OCc3ccc(Cl)cc3Cl)ccc12. The van der Waals surface area contributed by atoms with Crippen molar-refractivity contribution in [3.63, 3.8) is 0 Å². The van der Waals surface area contributed by atoms with E-state index in [9.17, 15) is 14.7 Å². The van der Waals surface area contributed by atoms with Crippen molar-refractivity contribution in [2.75, 3.05) is 13.1 Å². The molecule has 2 aliphatic rings. The molecule has 1 aromatic heterocycles. The molecule has 1 saturated heterocycles. The van der Waals surface area contributed by atoms with Crippen LogP contribution in [0.15, 0.2) is 45.6 Å². The molecule has 5 rings (SSSR count). The average molecular weight is 530 g/mol. The van der Waals surface area contributed by atoms with Crippen LogP contribution in [0.5, 0.6) is 5.75 Å². The van der Waals surface area contributed by atoms with Crippen LogP contribution in [0, 0.1) is 12.8 Å². The summed E-state index contributed by atoms with van der Waals surface area (Å²) in [5.41, 5.74) is 1.13. The lowest BCUT2D eigenvalue weighted by Gasteiger charge is -2.47. The molecule has 2 atom stereocenters. The number of hydrogen-bond donors (Lipinski definition) is 1. The number of benzene rings is 2. The number of hydrogen-bond acceptors (Lipinski definition) is 5. The fourth-order valence-electron chi connectivity index (χ4n) is 5.53. The van der Waals surface area contributed by atoms with Gasteiger partial charge >= 0.3 is 5.63 Å². The number of halogens is 2. The van der Waals surface area contributed by atoms with Gasteiger partial charge < -0.3 is 19.2 Å². The maximum absolute atomic E-state index is 13.1. The minimum absolute atomic E-state index is 0.0113. The lowest BCUT2D eigenvalue weighted by Crippen LogP contribution is -2.55. The van der Waals surface area contributed by atoms with Crippen LogP contribution in [-0.2, 0) is 17.8 Å². The van der Waals surface area contributed by atoms with Gasteiger partial charge in [-0.25, -0.2) is 4.79 Å². The fourth-order valence-corrected chi connectivity index (χ4v) is 5.99. The Balaban J connectivity index is 1.31. The lowest BCUT2D eigenvalue weighted by molar-refractivity contribution is -0.142. The van der Waals surface area contributed by atoms with E-state index in [1.54, 1.807) is 35.2 Å². The number of carbonyl (C=O) groups is 1. The molecule has 2 heterocycles. The summed E-state index contributed by atoms with van der Waals surface area (Å²) in [7, 11) is 0. The summed E-state index contributed by atoms with van der Waals surface area (Å²) in [6.45, 7) is 3.14. The Morgan fingerprint density at radius 3 is 2.83 bits per heavy atom. The predicted molar refractivity (Wildman–Crippen MR) is 140 cm³/mol. The smallest absolute Gasteiger partial charge is 0.340 e. The molecule has 2 aromatic carbocycles. The van der Waals surface area contributed by atoms with Crippen molar-refractivity contribution in [2.45, 2.75) is 57.7 Å². The first-order valence-electron chi connectivity index (χ1n) is 12.4. The Morgan fingerprint density at radius 1 is 1.19 bits per heavy atom. The summed E-state index contributed by atoms with van der Waals surface area (Å²) in [6, 6.07) is 10.5. The van der Waals surface area contributed by atoms with E-state index in [0.29, 0.717) is 46.5 Å². The van der Waals surface area contributed by atoms with Crippen molar-refractivity contribution in [2.24, 2.45) is 5.92 Å². The number of carbonyl (C=O) groups excluding carboxylic acids is 1. The number of fused-ring (bicyclic) bond motifs is 2. The van der Waals surface area contributed by atoms with Crippen LogP contribution in [0.2, 0.25) is 10.0 Å². The van der Waals surface area contributed by atoms with Crippen LogP contribution in [0.4, 0.5) is 0 Å². The minimum atomic E-state index is -0.647. The molecule has 1 aliphatic heterocycles. The molecule has 1 saturated carbocycles. The normalized spacial score (nSPS) is 21.9. The molecule has 36 heavy (non-hydrogen) atoms. The maximum atomic E-state index is 13.1. The Labute approximate surface area is 219 Å². The Hall–Kier alpha value is -2.54. The van der Waals surface area contributed by atoms with Gasteiger partial charge in [-0.1, -0.05) is 42.1 Å². The Morgan fingerprint density at radius 2 is 2.03 bits per heavy atom. The second-order valence-corrected chi connectivity index (χ2v) is 10.8. The van der Waals surface area contributed by atoms with Crippen LogP contribution in [0.1, 0.15) is 48.8 Å². The zero-order valence-corrected chi connectivity index (χ0v) is 21.7. The van der Waals surface area contributed by atoms with Gasteiger partial charge in [0.2, 0.25) is 5.91 Å². The van der Waals surface area contributed by atoms with E-state index < -0.39 is 11.2 Å². The Bertz CT molecular complexity index is 1370. The second-order valence-electron chi connectivity index (χ2n) is 9.99. The monoisotopic (exact) mass is 529 g/mol. The van der Waals surface area contributed by atoms with E-state index in [1.165, 1.54) is 0 Å². The van der Waals surface area contributed by atoms with Crippen molar-refractivity contribution in [3.05, 3.63) is 73.6 Å². The second kappa shape index (κ2) is 10.1. The third-order valence-electron chi connectivity index (χ3n) is 7.78. The molecule has 2 fully saturated rings. The quantitative estimate of drug-likeness (QED) is 0.430. The van der Waals surface area contributed by atoms with Crippen molar-refractivity contribution >= 4 is 40.1 Å². The highest BCUT2D eigenvalue weighted by atomic mass is 35.5. The molecule has 1 N–H and O–H groups in total. The zero-order valence-electron chi connectivity index (χ0n) is 20.2. The van der Waals surface area contributed by atoms with E-state index in [4.69, 9.17) is 32.4 Å². The van der Waals surface area contributed by atoms with Crippen LogP contribution >= 0.6 is 23.2 Å². The van der Waals surface area contributed by atoms with Crippen molar-refractivity contribution in [1.82, 2.24) is 4.90 Å². The molecular formula is C28H29Cl2NO5. The van der Waals surface area contributed by atoms with Crippen molar-refractivity contribution in [1.29, 1.82) is 0 Å². The van der Waals surface area contributed by atoms with Gasteiger partial charge in [0.05, 0.1) is 17.6 Å². The van der Waals surface area contributed by atoms with Crippen LogP contribution in [0.3, 0.4) is 0 Å². The minimum Gasteiger partial charge on any atom is -0.489 e. The van der Waals surface area contributed by atoms with E-state index >= 15 is 0 Å². The number of likely N-dealkylation sites (tertiary alicyclic amines) is 1. The van der Waals surface area contributed by atoms with Crippen molar-refractivity contribution in [3.8, 4) is 5.75 Å². The molecule has 190 valence electrons. The lowest BCUT2D eigenvalue weighted by atomic mass is 9.71. The van der Waals surface area contributed by atoms with Gasteiger partial charge in [-0.3, -0.25) is 4.79 Å². The summed E-state index contributed by atoms with van der Waals surface area (Å²) >= 11 is 12.2. The van der Waals surface area contributed by atoms with Gasteiger partial charge in [0.25, 0.3) is 0 Å². The average Bonchev–Trinajstić information content (AvgIpc) is 2.85. The van der Waals surface area contributed by atoms with E-state index in [2.05, 4.69) is 0 Å². The van der Waals surface area contributed by atoms with Gasteiger partial charge in [0.15, 0.2) is 0 Å². The molecule has 1 aliphatic carbocycles. The topological polar surface area (TPSA) is 80.0 Å². The number of ether oxygens (including phenoxy) is 1. The standard InChI is InChI=1S/C28H29Cl2NO5/c1-17-22-8-7-21(35-16-18-5-6-20(29)12-24(18)30)13-25(22)36-27(33)23(17)14-26(32)31-11-10-28(34)9-3-2-4-19(28)15-31/h5-8,12-13,19,34H,2-4,9-11,14-16H2,1H3/t19-,28-/m0/s1. The third kappa shape index (κ3) is 4.99. The summed E-state index contributed by atoms with van der Waals surface area (Å²) in [5, 5.41) is 12.7. The molecular weight excluding hydrogens is 501 g/mol. The van der Waals surface area contributed by atoms with Crippen molar-refractivity contribution < 1.29 is 19.1 Å². The van der Waals surface area contributed by atoms with Crippen LogP contribution in [-0.4, -0.2) is 34.6 Å². The molecule has 8 heteroatoms. The molecule has 3 aromatic rings. The van der Waals surface area contributed by atoms with E-state index in [-0.39, 0.29) is 24.9 Å². The van der Waals surface area contributed by atoms with Gasteiger partial charge in [-0.05, 0) is 56.0 Å². The first-order chi connectivity index (χ1) is 17.2. The summed E-state index contributed by atoms with van der Waals surface area (Å²) in [5.74, 6) is 0.546. The molecule has 6 nitrogen and oxygen atoms in total. The van der Waals surface area contributed by atoms with Gasteiger partial charge in [-0.2, -0.15) is 0 Å². The van der Waals surface area contributed by atoms with E-state index in [1.807, 2.05) is 13.0 Å². The zero-order chi connectivity index (χ0) is 25.4. The molecule has 0 spiro atoms.